The first kappa shape index (κ1) is 30.9. The molecule has 1 aromatic rings. The van der Waals surface area contributed by atoms with Crippen LogP contribution in [0.15, 0.2) is 53.3 Å². The highest BCUT2D eigenvalue weighted by Crippen LogP contribution is 2.41. The van der Waals surface area contributed by atoms with E-state index in [1.807, 2.05) is 0 Å². The lowest BCUT2D eigenvalue weighted by Gasteiger charge is -2.49. The average Bonchev–Trinajstić information content (AvgIpc) is 3.21. The molecule has 3 heterocycles. The molecule has 0 bridgehead atoms. The van der Waals surface area contributed by atoms with E-state index < -0.39 is 65.6 Å². The number of carboxylic acid groups (broad SMARTS) is 1. The van der Waals surface area contributed by atoms with Crippen molar-refractivity contribution in [1.82, 2.24) is 20.4 Å². The minimum absolute atomic E-state index is 0.0671. The predicted molar refractivity (Wildman–Crippen MR) is 144 cm³/mol. The third-order valence-electron chi connectivity index (χ3n) is 6.43. The fourth-order valence-corrected chi connectivity index (χ4v) is 6.07. The van der Waals surface area contributed by atoms with Crippen LogP contribution in [0.2, 0.25) is 0 Å². The Morgan fingerprint density at radius 1 is 1.17 bits per heavy atom. The molecule has 42 heavy (non-hydrogen) atoms. The van der Waals surface area contributed by atoms with Gasteiger partial charge in [-0.05, 0) is 37.5 Å². The molecule has 4 rings (SSSR count). The Kier molecular flexibility index (Phi) is 8.62. The van der Waals surface area contributed by atoms with Crippen LogP contribution in [0.4, 0.5) is 18.0 Å². The number of aliphatic carboxylic acids is 1. The van der Waals surface area contributed by atoms with Crippen molar-refractivity contribution in [3.8, 4) is 0 Å². The first-order chi connectivity index (χ1) is 19.5. The number of halogens is 3. The van der Waals surface area contributed by atoms with Crippen molar-refractivity contribution in [3.63, 3.8) is 0 Å². The van der Waals surface area contributed by atoms with Gasteiger partial charge in [0.2, 0.25) is 11.8 Å². The summed E-state index contributed by atoms with van der Waals surface area (Å²) in [6.45, 7) is 3.26. The quantitative estimate of drug-likeness (QED) is 0.400. The molecule has 3 aliphatic heterocycles. The summed E-state index contributed by atoms with van der Waals surface area (Å²) in [7, 11) is 0. The monoisotopic (exact) mass is 610 g/mol. The summed E-state index contributed by atoms with van der Waals surface area (Å²) >= 11 is 1.15. The highest BCUT2D eigenvalue weighted by molar-refractivity contribution is 8.00. The smallest absolute Gasteiger partial charge is 0.408 e. The molecule has 0 spiro atoms. The van der Waals surface area contributed by atoms with E-state index in [-0.39, 0.29) is 30.0 Å². The standard InChI is InChI=1S/C27H29F3N4O7S/c1-26(2,3)41-25(40)32-18(15-7-5-4-6-8-15)21(36)31-19-22(37)34-20(24(38)39)16(12-42-23(19)34)9-14-10-17(35)33(11-14)13-27(28,29)30/h4-9,18-19,23H,10-13H2,1-3H3,(H,31,36)(H,32,40)(H,38,39)/b14-9+/t18-,19-,23-/m1/s1. The molecule has 0 aliphatic carbocycles. The Morgan fingerprint density at radius 3 is 2.43 bits per heavy atom. The van der Waals surface area contributed by atoms with E-state index in [1.54, 1.807) is 51.1 Å². The maximum atomic E-state index is 13.3. The zero-order valence-corrected chi connectivity index (χ0v) is 23.7. The molecule has 15 heteroatoms. The third-order valence-corrected chi connectivity index (χ3v) is 7.73. The van der Waals surface area contributed by atoms with Gasteiger partial charge in [-0.15, -0.1) is 11.8 Å². The van der Waals surface area contributed by atoms with Crippen LogP contribution >= 0.6 is 11.8 Å². The summed E-state index contributed by atoms with van der Waals surface area (Å²) in [5.74, 6) is -3.52. The summed E-state index contributed by atoms with van der Waals surface area (Å²) in [6, 6.07) is 5.96. The number of rotatable bonds is 7. The normalized spacial score (nSPS) is 22.5. The number of nitrogens with zero attached hydrogens (tertiary/aromatic N) is 2. The number of hydrogen-bond acceptors (Lipinski definition) is 7. The lowest BCUT2D eigenvalue weighted by atomic mass is 10.00. The highest BCUT2D eigenvalue weighted by atomic mass is 32.2. The van der Waals surface area contributed by atoms with Crippen molar-refractivity contribution in [2.75, 3.05) is 18.8 Å². The Labute approximate surface area is 243 Å². The van der Waals surface area contributed by atoms with Crippen molar-refractivity contribution < 1.29 is 47.0 Å². The van der Waals surface area contributed by atoms with Crippen LogP contribution in [-0.4, -0.2) is 86.7 Å². The van der Waals surface area contributed by atoms with Crippen LogP contribution in [0, 0.1) is 0 Å². The molecule has 2 fully saturated rings. The van der Waals surface area contributed by atoms with Gasteiger partial charge in [-0.3, -0.25) is 19.3 Å². The first-order valence-corrected chi connectivity index (χ1v) is 13.9. The molecule has 2 saturated heterocycles. The van der Waals surface area contributed by atoms with Crippen LogP contribution in [0.3, 0.4) is 0 Å². The molecule has 0 saturated carbocycles. The number of amides is 4. The molecule has 3 atom stereocenters. The SMILES string of the molecule is CC(C)(C)OC(=O)N[C@@H](C(=O)N[C@@H]1C(=O)N2C(C(=O)O)=C(/C=C3\CC(=O)N(CC(F)(F)F)C3)CS[C@H]12)c1ccccc1. The van der Waals surface area contributed by atoms with E-state index in [2.05, 4.69) is 10.6 Å². The van der Waals surface area contributed by atoms with Gasteiger partial charge in [0.25, 0.3) is 5.91 Å². The number of thioether (sulfide) groups is 1. The number of carbonyl (C=O) groups is 5. The Morgan fingerprint density at radius 2 is 1.83 bits per heavy atom. The highest BCUT2D eigenvalue weighted by Gasteiger charge is 2.54. The van der Waals surface area contributed by atoms with Crippen LogP contribution in [0.1, 0.15) is 38.8 Å². The maximum Gasteiger partial charge on any atom is 0.408 e. The number of carboxylic acids is 1. The number of ether oxygens (including phenoxy) is 1. The number of fused-ring (bicyclic) bond motifs is 1. The second-order valence-electron chi connectivity index (χ2n) is 10.9. The molecular formula is C27H29F3N4O7S. The molecule has 3 aliphatic rings. The van der Waals surface area contributed by atoms with E-state index in [0.717, 1.165) is 16.7 Å². The number of nitrogens with one attached hydrogen (secondary N) is 2. The second-order valence-corrected chi connectivity index (χ2v) is 12.0. The van der Waals surface area contributed by atoms with E-state index in [0.29, 0.717) is 16.0 Å². The molecule has 226 valence electrons. The molecule has 4 amide bonds. The Balaban J connectivity index is 1.51. The number of alkyl carbamates (subject to hydrolysis) is 1. The zero-order valence-electron chi connectivity index (χ0n) is 22.9. The van der Waals surface area contributed by atoms with Crippen molar-refractivity contribution >= 4 is 41.5 Å². The van der Waals surface area contributed by atoms with Crippen molar-refractivity contribution in [2.24, 2.45) is 0 Å². The maximum absolute atomic E-state index is 13.3. The number of benzene rings is 1. The molecule has 1 aromatic carbocycles. The van der Waals surface area contributed by atoms with Crippen molar-refractivity contribution in [2.45, 2.75) is 56.4 Å². The van der Waals surface area contributed by atoms with Gasteiger partial charge in [0.05, 0.1) is 0 Å². The number of likely N-dealkylation sites (tertiary alicyclic amines) is 1. The first-order valence-electron chi connectivity index (χ1n) is 12.8. The van der Waals surface area contributed by atoms with Crippen LogP contribution < -0.4 is 10.6 Å². The zero-order chi connectivity index (χ0) is 31.0. The van der Waals surface area contributed by atoms with E-state index in [4.69, 9.17) is 4.74 Å². The average molecular weight is 611 g/mol. The Hall–Kier alpha value is -4.01. The molecular weight excluding hydrogens is 581 g/mol. The molecule has 0 aromatic heterocycles. The van der Waals surface area contributed by atoms with Crippen molar-refractivity contribution in [3.05, 3.63) is 58.8 Å². The van der Waals surface area contributed by atoms with Gasteiger partial charge in [0.15, 0.2) is 0 Å². The lowest BCUT2D eigenvalue weighted by Crippen LogP contribution is -2.71. The van der Waals surface area contributed by atoms with Crippen LogP contribution in [0.25, 0.3) is 0 Å². The summed E-state index contributed by atoms with van der Waals surface area (Å²) in [4.78, 5) is 64.8. The number of allylic oxidation sites excluding steroid dienone is 1. The lowest BCUT2D eigenvalue weighted by molar-refractivity contribution is -0.157. The Bertz CT molecular complexity index is 1360. The number of hydrogen-bond donors (Lipinski definition) is 3. The largest absolute Gasteiger partial charge is 0.477 e. The summed E-state index contributed by atoms with van der Waals surface area (Å²) < 4.78 is 43.6. The summed E-state index contributed by atoms with van der Waals surface area (Å²) in [5.41, 5.74) is -0.303. The summed E-state index contributed by atoms with van der Waals surface area (Å²) in [6.07, 6.45) is -4.36. The number of β-lactam (4-membered cyclic amide) rings is 1. The molecule has 3 N–H and O–H groups in total. The van der Waals surface area contributed by atoms with Gasteiger partial charge in [-0.2, -0.15) is 13.2 Å². The van der Waals surface area contributed by atoms with Crippen LogP contribution in [-0.2, 0) is 23.9 Å². The number of alkyl halides is 3. The van der Waals surface area contributed by atoms with Gasteiger partial charge in [0, 0.05) is 18.7 Å². The third kappa shape index (κ3) is 7.06. The minimum Gasteiger partial charge on any atom is -0.477 e. The van der Waals surface area contributed by atoms with Crippen molar-refractivity contribution in [1.29, 1.82) is 0 Å². The van der Waals surface area contributed by atoms with Gasteiger partial charge >= 0.3 is 18.2 Å². The topological polar surface area (TPSA) is 145 Å². The predicted octanol–water partition coefficient (Wildman–Crippen LogP) is 2.71. The van der Waals surface area contributed by atoms with E-state index >= 15 is 0 Å². The van der Waals surface area contributed by atoms with Gasteiger partial charge in [-0.1, -0.05) is 36.4 Å². The van der Waals surface area contributed by atoms with Crippen LogP contribution in [0.5, 0.6) is 0 Å². The number of carbonyl (C=O) groups excluding carboxylic acids is 4. The fraction of sp³-hybridized carbons (Fsp3) is 0.444. The minimum atomic E-state index is -4.57. The van der Waals surface area contributed by atoms with Gasteiger partial charge in [-0.25, -0.2) is 9.59 Å². The van der Waals surface area contributed by atoms with Gasteiger partial charge < -0.3 is 25.4 Å². The van der Waals surface area contributed by atoms with E-state index in [1.165, 1.54) is 6.08 Å². The summed E-state index contributed by atoms with van der Waals surface area (Å²) in [5, 5.41) is 14.2. The van der Waals surface area contributed by atoms with Gasteiger partial charge in [0.1, 0.15) is 35.3 Å². The second kappa shape index (κ2) is 11.7. The fourth-order valence-electron chi connectivity index (χ4n) is 4.76. The molecule has 11 nitrogen and oxygen atoms in total. The molecule has 0 unspecified atom stereocenters. The molecule has 0 radical (unpaired) electrons. The van der Waals surface area contributed by atoms with E-state index in [9.17, 15) is 42.3 Å².